The summed E-state index contributed by atoms with van der Waals surface area (Å²) in [6.07, 6.45) is 3.59. The maximum atomic E-state index is 13.0. The van der Waals surface area contributed by atoms with Crippen LogP contribution in [0.1, 0.15) is 5.56 Å². The predicted octanol–water partition coefficient (Wildman–Crippen LogP) is 2.72. The molecule has 0 saturated carbocycles. The highest BCUT2D eigenvalue weighted by molar-refractivity contribution is 5.58. The molecule has 1 heterocycles. The van der Waals surface area contributed by atoms with Gasteiger partial charge in [0.05, 0.1) is 6.61 Å². The fraction of sp³-hybridized carbons (Fsp3) is 0.308. The van der Waals surface area contributed by atoms with E-state index in [0.717, 1.165) is 23.7 Å². The Morgan fingerprint density at radius 3 is 3.00 bits per heavy atom. The highest BCUT2D eigenvalue weighted by Gasteiger charge is 2.05. The number of hydrogen-bond acceptors (Lipinski definition) is 3. The molecule has 0 aliphatic carbocycles. The molecule has 18 heavy (non-hydrogen) atoms. The average Bonchev–Trinajstić information content (AvgIpc) is 2.77. The van der Waals surface area contributed by atoms with Crippen molar-refractivity contribution in [1.29, 1.82) is 0 Å². The van der Waals surface area contributed by atoms with Gasteiger partial charge in [0.25, 0.3) is 0 Å². The number of nitrogens with zero attached hydrogens (tertiary/aromatic N) is 2. The van der Waals surface area contributed by atoms with E-state index in [0.29, 0.717) is 6.61 Å². The molecule has 0 radical (unpaired) electrons. The Bertz CT molecular complexity index is 525. The molecule has 0 fully saturated rings. The van der Waals surface area contributed by atoms with E-state index in [-0.39, 0.29) is 5.82 Å². The van der Waals surface area contributed by atoms with Crippen LogP contribution in [0.4, 0.5) is 16.0 Å². The summed E-state index contributed by atoms with van der Waals surface area (Å²) in [5, 5.41) is 3.19. The van der Waals surface area contributed by atoms with Gasteiger partial charge in [-0.2, -0.15) is 0 Å². The van der Waals surface area contributed by atoms with Crippen LogP contribution >= 0.6 is 0 Å². The number of aryl methyl sites for hydroxylation is 1. The van der Waals surface area contributed by atoms with Gasteiger partial charge in [0.1, 0.15) is 5.82 Å². The van der Waals surface area contributed by atoms with E-state index >= 15 is 0 Å². The number of ether oxygens (including phenoxy) is 1. The quantitative estimate of drug-likeness (QED) is 0.885. The molecule has 0 saturated heterocycles. The van der Waals surface area contributed by atoms with Crippen molar-refractivity contribution in [2.24, 2.45) is 0 Å². The SMILES string of the molecule is COCCn1ccnc1Nc1ccc(F)cc1C. The Hall–Kier alpha value is -1.88. The van der Waals surface area contributed by atoms with Crippen LogP contribution in [-0.2, 0) is 11.3 Å². The molecule has 0 unspecified atom stereocenters. The van der Waals surface area contributed by atoms with E-state index in [1.165, 1.54) is 12.1 Å². The highest BCUT2D eigenvalue weighted by Crippen LogP contribution is 2.20. The summed E-state index contributed by atoms with van der Waals surface area (Å²) in [6.45, 7) is 3.19. The van der Waals surface area contributed by atoms with Crippen molar-refractivity contribution in [3.8, 4) is 0 Å². The van der Waals surface area contributed by atoms with Crippen molar-refractivity contribution in [2.75, 3.05) is 19.0 Å². The molecule has 1 N–H and O–H groups in total. The van der Waals surface area contributed by atoms with Crippen molar-refractivity contribution in [3.63, 3.8) is 0 Å². The minimum atomic E-state index is -0.235. The lowest BCUT2D eigenvalue weighted by Gasteiger charge is -2.11. The van der Waals surface area contributed by atoms with Gasteiger partial charge < -0.3 is 14.6 Å². The first-order valence-electron chi connectivity index (χ1n) is 5.74. The fourth-order valence-corrected chi connectivity index (χ4v) is 1.69. The monoisotopic (exact) mass is 249 g/mol. The first-order valence-corrected chi connectivity index (χ1v) is 5.74. The third-order valence-corrected chi connectivity index (χ3v) is 2.69. The minimum absolute atomic E-state index is 0.235. The Kier molecular flexibility index (Phi) is 3.94. The fourth-order valence-electron chi connectivity index (χ4n) is 1.69. The van der Waals surface area contributed by atoms with Gasteiger partial charge in [0.2, 0.25) is 5.95 Å². The van der Waals surface area contributed by atoms with E-state index in [9.17, 15) is 4.39 Å². The zero-order valence-electron chi connectivity index (χ0n) is 10.5. The summed E-state index contributed by atoms with van der Waals surface area (Å²) in [7, 11) is 1.66. The Balaban J connectivity index is 2.15. The molecule has 2 rings (SSSR count). The Morgan fingerprint density at radius 2 is 2.28 bits per heavy atom. The topological polar surface area (TPSA) is 39.1 Å². The minimum Gasteiger partial charge on any atom is -0.383 e. The molecular formula is C13H16FN3O. The number of hydrogen-bond donors (Lipinski definition) is 1. The van der Waals surface area contributed by atoms with E-state index in [2.05, 4.69) is 10.3 Å². The predicted molar refractivity (Wildman–Crippen MR) is 68.5 cm³/mol. The number of anilines is 2. The van der Waals surface area contributed by atoms with Gasteiger partial charge in [-0.25, -0.2) is 9.37 Å². The zero-order valence-corrected chi connectivity index (χ0v) is 10.5. The number of imidazole rings is 1. The molecule has 0 spiro atoms. The largest absolute Gasteiger partial charge is 0.383 e. The maximum absolute atomic E-state index is 13.0. The van der Waals surface area contributed by atoms with E-state index in [1.54, 1.807) is 19.4 Å². The van der Waals surface area contributed by atoms with Gasteiger partial charge in [-0.05, 0) is 30.7 Å². The first kappa shape index (κ1) is 12.6. The van der Waals surface area contributed by atoms with Crippen LogP contribution in [0.2, 0.25) is 0 Å². The van der Waals surface area contributed by atoms with Crippen LogP contribution in [0.25, 0.3) is 0 Å². The Labute approximate surface area is 105 Å². The summed E-state index contributed by atoms with van der Waals surface area (Å²) in [5.41, 5.74) is 1.69. The second-order valence-electron chi connectivity index (χ2n) is 4.02. The van der Waals surface area contributed by atoms with E-state index < -0.39 is 0 Å². The number of halogens is 1. The summed E-state index contributed by atoms with van der Waals surface area (Å²) >= 11 is 0. The number of rotatable bonds is 5. The van der Waals surface area contributed by atoms with Crippen LogP contribution in [0.15, 0.2) is 30.6 Å². The molecule has 1 aromatic heterocycles. The second kappa shape index (κ2) is 5.64. The zero-order chi connectivity index (χ0) is 13.0. The smallest absolute Gasteiger partial charge is 0.207 e. The van der Waals surface area contributed by atoms with Gasteiger partial charge in [0.15, 0.2) is 0 Å². The third kappa shape index (κ3) is 2.87. The summed E-state index contributed by atoms with van der Waals surface area (Å²) in [4.78, 5) is 4.23. The van der Waals surface area contributed by atoms with Crippen molar-refractivity contribution in [3.05, 3.63) is 42.0 Å². The molecule has 4 nitrogen and oxygen atoms in total. The Morgan fingerprint density at radius 1 is 1.44 bits per heavy atom. The molecule has 0 aliphatic rings. The number of nitrogens with one attached hydrogen (secondary N) is 1. The molecule has 1 aromatic carbocycles. The average molecular weight is 249 g/mol. The van der Waals surface area contributed by atoms with Gasteiger partial charge in [-0.15, -0.1) is 0 Å². The lowest BCUT2D eigenvalue weighted by Crippen LogP contribution is -2.07. The second-order valence-corrected chi connectivity index (χ2v) is 4.02. The first-order chi connectivity index (χ1) is 8.70. The molecule has 0 bridgehead atoms. The normalized spacial score (nSPS) is 10.6. The van der Waals surface area contributed by atoms with Gasteiger partial charge >= 0.3 is 0 Å². The van der Waals surface area contributed by atoms with E-state index in [1.807, 2.05) is 17.7 Å². The third-order valence-electron chi connectivity index (χ3n) is 2.69. The van der Waals surface area contributed by atoms with Crippen molar-refractivity contribution < 1.29 is 9.13 Å². The van der Waals surface area contributed by atoms with Gasteiger partial charge in [0, 0.05) is 31.7 Å². The molecule has 0 aliphatic heterocycles. The van der Waals surface area contributed by atoms with Crippen molar-refractivity contribution >= 4 is 11.6 Å². The summed E-state index contributed by atoms with van der Waals surface area (Å²) in [6, 6.07) is 4.63. The van der Waals surface area contributed by atoms with Crippen LogP contribution < -0.4 is 5.32 Å². The molecule has 2 aromatic rings. The van der Waals surface area contributed by atoms with Crippen LogP contribution in [0.3, 0.4) is 0 Å². The maximum Gasteiger partial charge on any atom is 0.207 e. The molecule has 0 atom stereocenters. The summed E-state index contributed by atoms with van der Waals surface area (Å²) in [5.74, 6) is 0.488. The molecule has 0 amide bonds. The number of benzene rings is 1. The molecule has 96 valence electrons. The van der Waals surface area contributed by atoms with Crippen molar-refractivity contribution in [1.82, 2.24) is 9.55 Å². The van der Waals surface area contributed by atoms with Crippen LogP contribution in [0, 0.1) is 12.7 Å². The lowest BCUT2D eigenvalue weighted by atomic mass is 10.2. The molecule has 5 heteroatoms. The molecular weight excluding hydrogens is 233 g/mol. The van der Waals surface area contributed by atoms with Crippen LogP contribution in [0.5, 0.6) is 0 Å². The highest BCUT2D eigenvalue weighted by atomic mass is 19.1. The lowest BCUT2D eigenvalue weighted by molar-refractivity contribution is 0.188. The van der Waals surface area contributed by atoms with E-state index in [4.69, 9.17) is 4.74 Å². The number of aromatic nitrogens is 2. The van der Waals surface area contributed by atoms with Gasteiger partial charge in [-0.3, -0.25) is 0 Å². The summed E-state index contributed by atoms with van der Waals surface area (Å²) < 4.78 is 20.0. The van der Waals surface area contributed by atoms with Crippen LogP contribution in [-0.4, -0.2) is 23.3 Å². The van der Waals surface area contributed by atoms with Gasteiger partial charge in [-0.1, -0.05) is 0 Å². The van der Waals surface area contributed by atoms with Crippen molar-refractivity contribution in [2.45, 2.75) is 13.5 Å². The standard InChI is InChI=1S/C13H16FN3O/c1-10-9-11(14)3-4-12(10)16-13-15-5-6-17(13)7-8-18-2/h3-6,9H,7-8H2,1-2H3,(H,15,16). The number of methoxy groups -OCH3 is 1.